The van der Waals surface area contributed by atoms with Crippen LogP contribution in [0.4, 0.5) is 0 Å². The molecule has 0 saturated heterocycles. The Kier molecular flexibility index (Phi) is 3.95. The van der Waals surface area contributed by atoms with Crippen molar-refractivity contribution < 1.29 is 8.42 Å². The number of rotatable bonds is 4. The zero-order valence-corrected chi connectivity index (χ0v) is 10.9. The summed E-state index contributed by atoms with van der Waals surface area (Å²) in [6.07, 6.45) is 0. The second kappa shape index (κ2) is 5.65. The van der Waals surface area contributed by atoms with Gasteiger partial charge >= 0.3 is 0 Å². The normalized spacial score (nSPS) is 10.9. The first-order chi connectivity index (χ1) is 9.13. The lowest BCUT2D eigenvalue weighted by atomic mass is 10.1. The van der Waals surface area contributed by atoms with E-state index in [9.17, 15) is 8.42 Å². The zero-order valence-electron chi connectivity index (χ0n) is 10.1. The monoisotopic (exact) mass is 272 g/mol. The van der Waals surface area contributed by atoms with Crippen molar-refractivity contribution in [3.05, 3.63) is 54.6 Å². The molecule has 19 heavy (non-hydrogen) atoms. The summed E-state index contributed by atoms with van der Waals surface area (Å²) in [5.41, 5.74) is 1.97. The summed E-state index contributed by atoms with van der Waals surface area (Å²) < 4.78 is 25.7. The van der Waals surface area contributed by atoms with Gasteiger partial charge in [0.25, 0.3) is 0 Å². The van der Waals surface area contributed by atoms with Gasteiger partial charge in [0, 0.05) is 0 Å². The molecule has 96 valence electrons. The molecule has 0 aliphatic heterocycles. The van der Waals surface area contributed by atoms with Crippen LogP contribution in [-0.2, 0) is 10.0 Å². The number of nitriles is 1. The summed E-state index contributed by atoms with van der Waals surface area (Å²) in [7, 11) is -3.59. The van der Waals surface area contributed by atoms with Gasteiger partial charge in [0.2, 0.25) is 10.0 Å². The van der Waals surface area contributed by atoms with E-state index in [1.54, 1.807) is 18.2 Å². The maximum Gasteiger partial charge on any atom is 0.241 e. The molecular weight excluding hydrogens is 260 g/mol. The van der Waals surface area contributed by atoms with Crippen LogP contribution < -0.4 is 4.72 Å². The van der Waals surface area contributed by atoms with E-state index in [1.165, 1.54) is 12.1 Å². The van der Waals surface area contributed by atoms with E-state index in [-0.39, 0.29) is 11.4 Å². The molecule has 4 nitrogen and oxygen atoms in total. The molecule has 0 saturated carbocycles. The molecule has 0 radical (unpaired) electrons. The third-order valence-corrected chi connectivity index (χ3v) is 4.03. The minimum Gasteiger partial charge on any atom is -0.207 e. The van der Waals surface area contributed by atoms with E-state index >= 15 is 0 Å². The lowest BCUT2D eigenvalue weighted by molar-refractivity contribution is 0.586. The largest absolute Gasteiger partial charge is 0.241 e. The van der Waals surface area contributed by atoms with Crippen molar-refractivity contribution in [1.82, 2.24) is 4.72 Å². The molecule has 0 atom stereocenters. The van der Waals surface area contributed by atoms with Crippen LogP contribution in [0.5, 0.6) is 0 Å². The highest BCUT2D eigenvalue weighted by molar-refractivity contribution is 7.89. The van der Waals surface area contributed by atoms with Crippen LogP contribution in [0.3, 0.4) is 0 Å². The molecule has 0 heterocycles. The molecule has 1 N–H and O–H groups in total. The average Bonchev–Trinajstić information content (AvgIpc) is 2.46. The Bertz CT molecular complexity index is 686. The number of nitrogens with one attached hydrogen (secondary N) is 1. The SMILES string of the molecule is N#CCNS(=O)(=O)c1ccc(-c2ccccc2)cc1. The fourth-order valence-electron chi connectivity index (χ4n) is 1.67. The Morgan fingerprint density at radius 2 is 1.53 bits per heavy atom. The Balaban J connectivity index is 2.27. The lowest BCUT2D eigenvalue weighted by Gasteiger charge is -2.05. The van der Waals surface area contributed by atoms with E-state index in [2.05, 4.69) is 4.72 Å². The molecule has 0 amide bonds. The molecule has 0 aromatic heterocycles. The number of benzene rings is 2. The summed E-state index contributed by atoms with van der Waals surface area (Å²) in [4.78, 5) is 0.155. The van der Waals surface area contributed by atoms with Crippen LogP contribution in [-0.4, -0.2) is 15.0 Å². The number of hydrogen-bond donors (Lipinski definition) is 1. The van der Waals surface area contributed by atoms with E-state index in [4.69, 9.17) is 5.26 Å². The fraction of sp³-hybridized carbons (Fsp3) is 0.0714. The molecule has 0 spiro atoms. The van der Waals surface area contributed by atoms with Crippen LogP contribution in [0.25, 0.3) is 11.1 Å². The Hall–Kier alpha value is -2.16. The number of nitrogens with zero attached hydrogens (tertiary/aromatic N) is 1. The van der Waals surface area contributed by atoms with E-state index in [0.29, 0.717) is 0 Å². The van der Waals surface area contributed by atoms with E-state index < -0.39 is 10.0 Å². The highest BCUT2D eigenvalue weighted by Gasteiger charge is 2.12. The van der Waals surface area contributed by atoms with Gasteiger partial charge in [-0.25, -0.2) is 8.42 Å². The minimum absolute atomic E-state index is 0.155. The van der Waals surface area contributed by atoms with Gasteiger partial charge in [-0.1, -0.05) is 42.5 Å². The quantitative estimate of drug-likeness (QED) is 0.867. The molecule has 5 heteroatoms. The molecule has 0 unspecified atom stereocenters. The maximum absolute atomic E-state index is 11.8. The predicted molar refractivity (Wildman–Crippen MR) is 72.7 cm³/mol. The third kappa shape index (κ3) is 3.19. The predicted octanol–water partition coefficient (Wildman–Crippen LogP) is 2.16. The van der Waals surface area contributed by atoms with Crippen molar-refractivity contribution in [2.24, 2.45) is 0 Å². The highest BCUT2D eigenvalue weighted by atomic mass is 32.2. The van der Waals surface area contributed by atoms with E-state index in [1.807, 2.05) is 30.3 Å². The molecule has 0 aliphatic rings. The van der Waals surface area contributed by atoms with E-state index in [0.717, 1.165) is 11.1 Å². The smallest absolute Gasteiger partial charge is 0.207 e. The molecule has 0 aliphatic carbocycles. The van der Waals surface area contributed by atoms with Gasteiger partial charge in [0.05, 0.1) is 17.5 Å². The molecule has 0 fully saturated rings. The summed E-state index contributed by atoms with van der Waals surface area (Å²) >= 11 is 0. The van der Waals surface area contributed by atoms with Crippen LogP contribution in [0.1, 0.15) is 0 Å². The minimum atomic E-state index is -3.59. The summed E-state index contributed by atoms with van der Waals surface area (Å²) in [5, 5.41) is 8.39. The average molecular weight is 272 g/mol. The first-order valence-electron chi connectivity index (χ1n) is 5.65. The Morgan fingerprint density at radius 1 is 0.947 bits per heavy atom. The van der Waals surface area contributed by atoms with Crippen molar-refractivity contribution in [2.45, 2.75) is 4.90 Å². The van der Waals surface area contributed by atoms with Gasteiger partial charge in [0.15, 0.2) is 0 Å². The number of hydrogen-bond acceptors (Lipinski definition) is 3. The first-order valence-corrected chi connectivity index (χ1v) is 7.14. The molecule has 2 aromatic carbocycles. The van der Waals surface area contributed by atoms with Gasteiger partial charge in [-0.15, -0.1) is 0 Å². The Labute approximate surface area is 112 Å². The summed E-state index contributed by atoms with van der Waals surface area (Å²) in [6, 6.07) is 18.0. The standard InChI is InChI=1S/C14H12N2O2S/c15-10-11-16-19(17,18)14-8-6-13(7-9-14)12-4-2-1-3-5-12/h1-9,16H,11H2. The summed E-state index contributed by atoms with van der Waals surface area (Å²) in [6.45, 7) is -0.233. The third-order valence-electron chi connectivity index (χ3n) is 2.61. The number of sulfonamides is 1. The molecule has 2 aromatic rings. The van der Waals surface area contributed by atoms with Gasteiger partial charge in [0.1, 0.15) is 0 Å². The van der Waals surface area contributed by atoms with Crippen molar-refractivity contribution in [1.29, 1.82) is 5.26 Å². The van der Waals surface area contributed by atoms with Crippen LogP contribution in [0, 0.1) is 11.3 Å². The van der Waals surface area contributed by atoms with Crippen LogP contribution >= 0.6 is 0 Å². The van der Waals surface area contributed by atoms with Crippen molar-refractivity contribution in [3.8, 4) is 17.2 Å². The fourth-order valence-corrected chi connectivity index (χ4v) is 2.58. The van der Waals surface area contributed by atoms with Crippen LogP contribution in [0.15, 0.2) is 59.5 Å². The molecular formula is C14H12N2O2S. The van der Waals surface area contributed by atoms with Crippen molar-refractivity contribution in [3.63, 3.8) is 0 Å². The lowest BCUT2D eigenvalue weighted by Crippen LogP contribution is -2.23. The second-order valence-electron chi connectivity index (χ2n) is 3.87. The molecule has 2 rings (SSSR count). The Morgan fingerprint density at radius 3 is 2.11 bits per heavy atom. The molecule has 0 bridgehead atoms. The maximum atomic E-state index is 11.8. The van der Waals surface area contributed by atoms with Gasteiger partial charge in [-0.2, -0.15) is 9.98 Å². The van der Waals surface area contributed by atoms with Crippen molar-refractivity contribution >= 4 is 10.0 Å². The second-order valence-corrected chi connectivity index (χ2v) is 5.64. The summed E-state index contributed by atoms with van der Waals surface area (Å²) in [5.74, 6) is 0. The highest BCUT2D eigenvalue weighted by Crippen LogP contribution is 2.20. The van der Waals surface area contributed by atoms with Gasteiger partial charge in [-0.3, -0.25) is 0 Å². The van der Waals surface area contributed by atoms with Crippen molar-refractivity contribution in [2.75, 3.05) is 6.54 Å². The first kappa shape index (κ1) is 13.3. The topological polar surface area (TPSA) is 70.0 Å². The van der Waals surface area contributed by atoms with Gasteiger partial charge in [-0.05, 0) is 23.3 Å². The van der Waals surface area contributed by atoms with Crippen LogP contribution in [0.2, 0.25) is 0 Å². The zero-order chi connectivity index (χ0) is 13.7. The van der Waals surface area contributed by atoms with Gasteiger partial charge < -0.3 is 0 Å².